The number of aliphatic imine (C=N–C) groups is 1. The molecule has 0 aliphatic heterocycles. The fourth-order valence-electron chi connectivity index (χ4n) is 3.00. The maximum absolute atomic E-state index is 5.51. The van der Waals surface area contributed by atoms with E-state index in [1.54, 1.807) is 14.2 Å². The monoisotopic (exact) mass is 348 g/mol. The minimum atomic E-state index is 0.369. The third-order valence-corrected chi connectivity index (χ3v) is 4.82. The highest BCUT2D eigenvalue weighted by Crippen LogP contribution is 2.43. The van der Waals surface area contributed by atoms with Gasteiger partial charge in [0.1, 0.15) is 0 Å². The molecule has 0 unspecified atom stereocenters. The van der Waals surface area contributed by atoms with Gasteiger partial charge in [0.05, 0.1) is 6.61 Å². The topological polar surface area (TPSA) is 67.8 Å². The van der Waals surface area contributed by atoms with Gasteiger partial charge >= 0.3 is 0 Å². The summed E-state index contributed by atoms with van der Waals surface area (Å²) in [5.41, 5.74) is 1.47. The summed E-state index contributed by atoms with van der Waals surface area (Å²) >= 11 is 0. The van der Waals surface area contributed by atoms with Crippen LogP contribution in [0, 0.1) is 5.41 Å². The lowest BCUT2D eigenvalue weighted by atomic mass is 9.67. The first-order valence-corrected chi connectivity index (χ1v) is 9.22. The van der Waals surface area contributed by atoms with Gasteiger partial charge in [-0.3, -0.25) is 4.99 Å². The summed E-state index contributed by atoms with van der Waals surface area (Å²) in [6.45, 7) is 5.24. The van der Waals surface area contributed by atoms with E-state index in [1.165, 1.54) is 19.3 Å². The molecule has 0 amide bonds. The fraction of sp³-hybridized carbons (Fsp3) is 0.684. The minimum absolute atomic E-state index is 0.369. The lowest BCUT2D eigenvalue weighted by Crippen LogP contribution is -2.46. The summed E-state index contributed by atoms with van der Waals surface area (Å²) in [6.07, 6.45) is 7.79. The van der Waals surface area contributed by atoms with Crippen LogP contribution in [0.5, 0.6) is 5.88 Å². The van der Waals surface area contributed by atoms with Crippen molar-refractivity contribution in [2.45, 2.75) is 45.6 Å². The first-order chi connectivity index (χ1) is 12.2. The molecule has 0 atom stereocenters. The van der Waals surface area contributed by atoms with Crippen LogP contribution in [0.1, 0.15) is 44.6 Å². The molecule has 6 nitrogen and oxygen atoms in total. The molecule has 6 heteroatoms. The van der Waals surface area contributed by atoms with Crippen molar-refractivity contribution >= 4 is 5.96 Å². The first kappa shape index (κ1) is 19.5. The summed E-state index contributed by atoms with van der Waals surface area (Å²) in [5, 5.41) is 6.82. The van der Waals surface area contributed by atoms with Crippen molar-refractivity contribution in [3.63, 3.8) is 0 Å². The largest absolute Gasteiger partial charge is 0.478 e. The number of rotatable bonds is 10. The number of hydrogen-bond donors (Lipinski definition) is 2. The van der Waals surface area contributed by atoms with Gasteiger partial charge in [0.15, 0.2) is 5.96 Å². The van der Waals surface area contributed by atoms with Gasteiger partial charge in [-0.1, -0.05) is 19.4 Å². The van der Waals surface area contributed by atoms with E-state index in [0.29, 0.717) is 24.4 Å². The molecule has 25 heavy (non-hydrogen) atoms. The fourth-order valence-corrected chi connectivity index (χ4v) is 3.00. The highest BCUT2D eigenvalue weighted by atomic mass is 16.5. The molecule has 0 saturated heterocycles. The van der Waals surface area contributed by atoms with Crippen LogP contribution < -0.4 is 15.4 Å². The SMILES string of the molecule is CCCOc1ccc(CNC(=NC)NCC2(CCOC)CCC2)cn1. The Balaban J connectivity index is 1.76. The van der Waals surface area contributed by atoms with Crippen molar-refractivity contribution < 1.29 is 9.47 Å². The first-order valence-electron chi connectivity index (χ1n) is 9.22. The standard InChI is InChI=1S/C19H32N4O2/c1-4-11-25-17-7-6-16(13-21-17)14-22-18(20-2)23-15-19(8-5-9-19)10-12-24-3/h6-7,13H,4-5,8-12,14-15H2,1-3H3,(H2,20,22,23). The molecule has 1 saturated carbocycles. The van der Waals surface area contributed by atoms with Gasteiger partial charge in [-0.2, -0.15) is 0 Å². The molecular formula is C19H32N4O2. The number of nitrogens with zero attached hydrogens (tertiary/aromatic N) is 2. The van der Waals surface area contributed by atoms with Crippen LogP contribution in [-0.4, -0.2) is 44.9 Å². The molecule has 0 aromatic carbocycles. The summed E-state index contributed by atoms with van der Waals surface area (Å²) in [4.78, 5) is 8.65. The van der Waals surface area contributed by atoms with Crippen molar-refractivity contribution in [2.24, 2.45) is 10.4 Å². The van der Waals surface area contributed by atoms with E-state index < -0.39 is 0 Å². The van der Waals surface area contributed by atoms with Crippen LogP contribution >= 0.6 is 0 Å². The molecule has 1 aromatic heterocycles. The predicted molar refractivity (Wildman–Crippen MR) is 101 cm³/mol. The average Bonchev–Trinajstić information content (AvgIpc) is 2.62. The molecule has 2 rings (SSSR count). The van der Waals surface area contributed by atoms with E-state index in [-0.39, 0.29) is 0 Å². The van der Waals surface area contributed by atoms with Gasteiger partial charge in [-0.15, -0.1) is 0 Å². The van der Waals surface area contributed by atoms with Gasteiger partial charge < -0.3 is 20.1 Å². The molecule has 1 aliphatic rings. The quantitative estimate of drug-likeness (QED) is 0.503. The molecule has 0 spiro atoms. The number of pyridine rings is 1. The number of methoxy groups -OCH3 is 1. The van der Waals surface area contributed by atoms with Crippen LogP contribution in [0.4, 0.5) is 0 Å². The summed E-state index contributed by atoms with van der Waals surface area (Å²) in [5.74, 6) is 1.51. The molecule has 0 bridgehead atoms. The Morgan fingerprint density at radius 1 is 1.28 bits per heavy atom. The Hall–Kier alpha value is -1.82. The van der Waals surface area contributed by atoms with Gasteiger partial charge in [-0.05, 0) is 36.7 Å². The Morgan fingerprint density at radius 3 is 2.68 bits per heavy atom. The van der Waals surface area contributed by atoms with Crippen LogP contribution in [0.25, 0.3) is 0 Å². The second kappa shape index (κ2) is 10.2. The lowest BCUT2D eigenvalue weighted by Gasteiger charge is -2.42. The Morgan fingerprint density at radius 2 is 2.12 bits per heavy atom. The Bertz CT molecular complexity index is 527. The smallest absolute Gasteiger partial charge is 0.213 e. The highest BCUT2D eigenvalue weighted by molar-refractivity contribution is 5.79. The van der Waals surface area contributed by atoms with E-state index in [9.17, 15) is 0 Å². The minimum Gasteiger partial charge on any atom is -0.478 e. The van der Waals surface area contributed by atoms with Crippen LogP contribution in [0.15, 0.2) is 23.3 Å². The van der Waals surface area contributed by atoms with Gasteiger partial charge in [-0.25, -0.2) is 4.98 Å². The number of aromatic nitrogens is 1. The highest BCUT2D eigenvalue weighted by Gasteiger charge is 2.36. The van der Waals surface area contributed by atoms with Gasteiger partial charge in [0.2, 0.25) is 5.88 Å². The van der Waals surface area contributed by atoms with Gasteiger partial charge in [0, 0.05) is 46.1 Å². The van der Waals surface area contributed by atoms with Crippen LogP contribution in [-0.2, 0) is 11.3 Å². The van der Waals surface area contributed by atoms with Crippen molar-refractivity contribution in [3.8, 4) is 5.88 Å². The van der Waals surface area contributed by atoms with E-state index in [2.05, 4.69) is 27.5 Å². The molecule has 0 radical (unpaired) electrons. The molecule has 1 aromatic rings. The number of hydrogen-bond acceptors (Lipinski definition) is 4. The maximum atomic E-state index is 5.51. The summed E-state index contributed by atoms with van der Waals surface area (Å²) in [6, 6.07) is 3.95. The molecule has 1 aliphatic carbocycles. The zero-order chi connectivity index (χ0) is 18.0. The van der Waals surface area contributed by atoms with Crippen LogP contribution in [0.2, 0.25) is 0 Å². The third-order valence-electron chi connectivity index (χ3n) is 4.82. The van der Waals surface area contributed by atoms with Gasteiger partial charge in [0.25, 0.3) is 0 Å². The molecule has 140 valence electrons. The summed E-state index contributed by atoms with van der Waals surface area (Å²) < 4.78 is 10.8. The number of nitrogens with one attached hydrogen (secondary N) is 2. The van der Waals surface area contributed by atoms with Crippen molar-refractivity contribution in [3.05, 3.63) is 23.9 Å². The molecule has 2 N–H and O–H groups in total. The normalized spacial score (nSPS) is 16.2. The van der Waals surface area contributed by atoms with Crippen molar-refractivity contribution in [1.29, 1.82) is 0 Å². The van der Waals surface area contributed by atoms with Crippen molar-refractivity contribution in [2.75, 3.05) is 33.9 Å². The number of ether oxygens (including phenoxy) is 2. The second-order valence-corrected chi connectivity index (χ2v) is 6.73. The Labute approximate surface area is 151 Å². The zero-order valence-electron chi connectivity index (χ0n) is 15.8. The molecule has 1 fully saturated rings. The second-order valence-electron chi connectivity index (χ2n) is 6.73. The lowest BCUT2D eigenvalue weighted by molar-refractivity contribution is 0.0732. The van der Waals surface area contributed by atoms with Crippen molar-refractivity contribution in [1.82, 2.24) is 15.6 Å². The third kappa shape index (κ3) is 6.20. The maximum Gasteiger partial charge on any atom is 0.213 e. The molecular weight excluding hydrogens is 316 g/mol. The predicted octanol–water partition coefficient (Wildman–Crippen LogP) is 2.74. The van der Waals surface area contributed by atoms with E-state index in [4.69, 9.17) is 9.47 Å². The zero-order valence-corrected chi connectivity index (χ0v) is 15.8. The Kier molecular flexibility index (Phi) is 7.98. The summed E-state index contributed by atoms with van der Waals surface area (Å²) in [7, 11) is 3.57. The van der Waals surface area contributed by atoms with E-state index in [1.807, 2.05) is 18.3 Å². The molecule has 1 heterocycles. The van der Waals surface area contributed by atoms with E-state index >= 15 is 0 Å². The van der Waals surface area contributed by atoms with Crippen LogP contribution in [0.3, 0.4) is 0 Å². The van der Waals surface area contributed by atoms with E-state index in [0.717, 1.165) is 37.5 Å². The number of guanidine groups is 1. The average molecular weight is 348 g/mol.